The van der Waals surface area contributed by atoms with Gasteiger partial charge in [0.1, 0.15) is 10.6 Å². The number of sulfonamides is 1. The van der Waals surface area contributed by atoms with Crippen molar-refractivity contribution in [3.63, 3.8) is 0 Å². The maximum absolute atomic E-state index is 13.1. The number of carbonyl (C=O) groups excluding carboxylic acids is 1. The van der Waals surface area contributed by atoms with Crippen molar-refractivity contribution in [3.05, 3.63) is 46.4 Å². The third-order valence-electron chi connectivity index (χ3n) is 4.82. The summed E-state index contributed by atoms with van der Waals surface area (Å²) < 4.78 is 34.6. The molecule has 0 radical (unpaired) electrons. The lowest BCUT2D eigenvalue weighted by Crippen LogP contribution is -2.31. The van der Waals surface area contributed by atoms with Gasteiger partial charge in [-0.2, -0.15) is 0 Å². The summed E-state index contributed by atoms with van der Waals surface area (Å²) in [6, 6.07) is 10.1. The summed E-state index contributed by atoms with van der Waals surface area (Å²) in [6.07, 6.45) is 2.42. The van der Waals surface area contributed by atoms with Crippen molar-refractivity contribution in [2.45, 2.75) is 24.2 Å². The number of nitrogens with one attached hydrogen (secondary N) is 1. The number of amides is 1. The van der Waals surface area contributed by atoms with Crippen LogP contribution >= 0.6 is 15.9 Å². The summed E-state index contributed by atoms with van der Waals surface area (Å²) in [6.45, 7) is 0.520. The highest BCUT2D eigenvalue weighted by atomic mass is 79.9. The second-order valence-corrected chi connectivity index (χ2v) is 9.33. The molecule has 0 aromatic heterocycles. The number of rotatable bonds is 5. The molecule has 1 aliphatic carbocycles. The molecule has 4 rings (SSSR count). The van der Waals surface area contributed by atoms with E-state index >= 15 is 0 Å². The topological polar surface area (TPSA) is 75.7 Å². The van der Waals surface area contributed by atoms with E-state index in [4.69, 9.17) is 4.74 Å². The molecule has 0 spiro atoms. The van der Waals surface area contributed by atoms with Gasteiger partial charge in [0.25, 0.3) is 10.0 Å². The van der Waals surface area contributed by atoms with Gasteiger partial charge in [0.05, 0.1) is 12.8 Å². The van der Waals surface area contributed by atoms with Crippen LogP contribution in [0.25, 0.3) is 0 Å². The average Bonchev–Trinajstić information content (AvgIpc) is 3.41. The number of halogens is 1. The molecule has 1 N–H and O–H groups in total. The second kappa shape index (κ2) is 6.83. The molecule has 142 valence electrons. The number of methoxy groups -OCH3 is 1. The van der Waals surface area contributed by atoms with Gasteiger partial charge >= 0.3 is 0 Å². The minimum atomic E-state index is -3.87. The van der Waals surface area contributed by atoms with Gasteiger partial charge in [-0.1, -0.05) is 15.9 Å². The van der Waals surface area contributed by atoms with E-state index in [1.165, 1.54) is 0 Å². The Morgan fingerprint density at radius 1 is 1.22 bits per heavy atom. The molecule has 0 bridgehead atoms. The first-order chi connectivity index (χ1) is 12.9. The largest absolute Gasteiger partial charge is 0.497 e. The molecule has 1 saturated carbocycles. The SMILES string of the molecule is COc1ccc(NS(=O)(=O)c2cc(Br)cc3c2N(C(=O)C2CC2)CC3)cc1. The number of fused-ring (bicyclic) bond motifs is 1. The van der Waals surface area contributed by atoms with Crippen LogP contribution in [0.5, 0.6) is 5.75 Å². The van der Waals surface area contributed by atoms with Crippen molar-refractivity contribution in [2.75, 3.05) is 23.3 Å². The van der Waals surface area contributed by atoms with Crippen LogP contribution in [0.3, 0.4) is 0 Å². The quantitative estimate of drug-likeness (QED) is 0.755. The number of nitrogens with zero attached hydrogens (tertiary/aromatic N) is 1. The first-order valence-corrected chi connectivity index (χ1v) is 11.0. The van der Waals surface area contributed by atoms with E-state index in [0.29, 0.717) is 34.6 Å². The van der Waals surface area contributed by atoms with Gasteiger partial charge in [0.2, 0.25) is 5.91 Å². The molecule has 0 atom stereocenters. The van der Waals surface area contributed by atoms with Crippen LogP contribution in [0.4, 0.5) is 11.4 Å². The van der Waals surface area contributed by atoms with E-state index in [2.05, 4.69) is 20.7 Å². The summed E-state index contributed by atoms with van der Waals surface area (Å²) in [5.41, 5.74) is 1.81. The molecule has 6 nitrogen and oxygen atoms in total. The molecule has 1 aliphatic heterocycles. The smallest absolute Gasteiger partial charge is 0.264 e. The molecule has 1 heterocycles. The maximum atomic E-state index is 13.1. The van der Waals surface area contributed by atoms with E-state index in [9.17, 15) is 13.2 Å². The van der Waals surface area contributed by atoms with Gasteiger partial charge in [0, 0.05) is 22.6 Å². The van der Waals surface area contributed by atoms with Gasteiger partial charge in [-0.05, 0) is 61.2 Å². The minimum Gasteiger partial charge on any atom is -0.497 e. The van der Waals surface area contributed by atoms with Gasteiger partial charge in [-0.25, -0.2) is 8.42 Å². The number of anilines is 2. The lowest BCUT2D eigenvalue weighted by Gasteiger charge is -2.21. The van der Waals surface area contributed by atoms with Crippen LogP contribution in [-0.2, 0) is 21.2 Å². The summed E-state index contributed by atoms with van der Waals surface area (Å²) in [7, 11) is -2.32. The Morgan fingerprint density at radius 3 is 2.56 bits per heavy atom. The van der Waals surface area contributed by atoms with Gasteiger partial charge < -0.3 is 9.64 Å². The van der Waals surface area contributed by atoms with Crippen LogP contribution < -0.4 is 14.4 Å². The number of hydrogen-bond acceptors (Lipinski definition) is 4. The molecule has 2 aliphatic rings. The van der Waals surface area contributed by atoms with Crippen molar-refractivity contribution in [2.24, 2.45) is 5.92 Å². The second-order valence-electron chi connectivity index (χ2n) is 6.76. The zero-order chi connectivity index (χ0) is 19.2. The molecule has 1 fully saturated rings. The van der Waals surface area contributed by atoms with Crippen LogP contribution in [0.15, 0.2) is 45.8 Å². The maximum Gasteiger partial charge on any atom is 0.264 e. The Hall–Kier alpha value is -2.06. The lowest BCUT2D eigenvalue weighted by molar-refractivity contribution is -0.119. The third-order valence-corrected chi connectivity index (χ3v) is 6.67. The Labute approximate surface area is 166 Å². The van der Waals surface area contributed by atoms with Crippen molar-refractivity contribution >= 4 is 43.2 Å². The predicted octanol–water partition coefficient (Wildman–Crippen LogP) is 3.56. The van der Waals surface area contributed by atoms with Crippen molar-refractivity contribution in [1.82, 2.24) is 0 Å². The van der Waals surface area contributed by atoms with Crippen LogP contribution in [0, 0.1) is 5.92 Å². The Morgan fingerprint density at radius 2 is 1.93 bits per heavy atom. The summed E-state index contributed by atoms with van der Waals surface area (Å²) in [5, 5.41) is 0. The standard InChI is InChI=1S/C19H19BrN2O4S/c1-26-16-6-4-15(5-7-16)21-27(24,25)17-11-14(20)10-13-8-9-22(18(13)17)19(23)12-2-3-12/h4-7,10-12,21H,2-3,8-9H2,1H3. The zero-order valence-corrected chi connectivity index (χ0v) is 17.1. The van der Waals surface area contributed by atoms with Crippen LogP contribution in [0.2, 0.25) is 0 Å². The van der Waals surface area contributed by atoms with Gasteiger partial charge in [-0.3, -0.25) is 9.52 Å². The summed E-state index contributed by atoms with van der Waals surface area (Å²) in [5.74, 6) is 0.698. The van der Waals surface area contributed by atoms with E-state index in [-0.39, 0.29) is 16.7 Å². The Kier molecular flexibility index (Phi) is 4.63. The average molecular weight is 451 g/mol. The normalized spacial score (nSPS) is 16.1. The van der Waals surface area contributed by atoms with Crippen molar-refractivity contribution in [3.8, 4) is 5.75 Å². The third kappa shape index (κ3) is 3.55. The Balaban J connectivity index is 1.72. The van der Waals surface area contributed by atoms with Crippen molar-refractivity contribution < 1.29 is 17.9 Å². The Bertz CT molecular complexity index is 1000. The lowest BCUT2D eigenvalue weighted by atomic mass is 10.2. The molecule has 1 amide bonds. The predicted molar refractivity (Wildman–Crippen MR) is 107 cm³/mol. The summed E-state index contributed by atoms with van der Waals surface area (Å²) in [4.78, 5) is 14.4. The minimum absolute atomic E-state index is 0.0250. The molecule has 27 heavy (non-hydrogen) atoms. The first kappa shape index (κ1) is 18.3. The highest BCUT2D eigenvalue weighted by Gasteiger charge is 2.39. The highest BCUT2D eigenvalue weighted by molar-refractivity contribution is 9.10. The van der Waals surface area contributed by atoms with Crippen molar-refractivity contribution in [1.29, 1.82) is 0 Å². The fourth-order valence-electron chi connectivity index (χ4n) is 3.31. The number of ether oxygens (including phenoxy) is 1. The zero-order valence-electron chi connectivity index (χ0n) is 14.7. The molecule has 8 heteroatoms. The number of benzene rings is 2. The summed E-state index contributed by atoms with van der Waals surface area (Å²) >= 11 is 3.40. The molecule has 0 saturated heterocycles. The molecule has 2 aromatic rings. The van der Waals surface area contributed by atoms with E-state index < -0.39 is 10.0 Å². The van der Waals surface area contributed by atoms with Gasteiger partial charge in [-0.15, -0.1) is 0 Å². The fourth-order valence-corrected chi connectivity index (χ4v) is 5.31. The molecular weight excluding hydrogens is 432 g/mol. The molecule has 0 unspecified atom stereocenters. The van der Waals surface area contributed by atoms with E-state index in [0.717, 1.165) is 18.4 Å². The number of hydrogen-bond donors (Lipinski definition) is 1. The molecular formula is C19H19BrN2O4S. The molecule has 2 aromatic carbocycles. The number of carbonyl (C=O) groups is 1. The fraction of sp³-hybridized carbons (Fsp3) is 0.316. The van der Waals surface area contributed by atoms with E-state index in [1.54, 1.807) is 42.3 Å². The highest BCUT2D eigenvalue weighted by Crippen LogP contribution is 2.41. The van der Waals surface area contributed by atoms with Gasteiger partial charge in [0.15, 0.2) is 0 Å². The van der Waals surface area contributed by atoms with E-state index in [1.807, 2.05) is 6.07 Å². The monoisotopic (exact) mass is 450 g/mol. The first-order valence-electron chi connectivity index (χ1n) is 8.70. The van der Waals surface area contributed by atoms with Crippen LogP contribution in [-0.4, -0.2) is 28.0 Å². The van der Waals surface area contributed by atoms with Crippen LogP contribution in [0.1, 0.15) is 18.4 Å².